The summed E-state index contributed by atoms with van der Waals surface area (Å²) in [4.78, 5) is 0. The van der Waals surface area contributed by atoms with Gasteiger partial charge in [-0.2, -0.15) is 0 Å². The largest absolute Gasteiger partial charge is 0.207 e. The Morgan fingerprint density at radius 2 is 1.75 bits per heavy atom. The van der Waals surface area contributed by atoms with Gasteiger partial charge in [0.2, 0.25) is 0 Å². The van der Waals surface area contributed by atoms with E-state index < -0.39 is 23.3 Å². The molecule has 2 aromatic carbocycles. The lowest BCUT2D eigenvalue weighted by Gasteiger charge is -2.46. The third-order valence-corrected chi connectivity index (χ3v) is 6.52. The highest BCUT2D eigenvalue weighted by Crippen LogP contribution is 2.54. The lowest BCUT2D eigenvalue weighted by molar-refractivity contribution is 0.193. The summed E-state index contributed by atoms with van der Waals surface area (Å²) in [7, 11) is 0. The molecule has 0 aromatic heterocycles. The SMILES string of the molecule is CC/C=C/[C@@H]1CC[C@H]2c3cc(F)cc(F)c3CC[C@@H]2[C@H]1c1ccc(F)c(F)c1. The van der Waals surface area contributed by atoms with Crippen molar-refractivity contribution in [2.24, 2.45) is 11.8 Å². The van der Waals surface area contributed by atoms with Crippen LogP contribution >= 0.6 is 0 Å². The summed E-state index contributed by atoms with van der Waals surface area (Å²) in [5.74, 6) is -2.29. The summed E-state index contributed by atoms with van der Waals surface area (Å²) in [6.45, 7) is 2.07. The number of allylic oxidation sites excluding steroid dienone is 2. The van der Waals surface area contributed by atoms with Crippen molar-refractivity contribution >= 4 is 0 Å². The van der Waals surface area contributed by atoms with Crippen LogP contribution in [0.2, 0.25) is 0 Å². The Labute approximate surface area is 163 Å². The van der Waals surface area contributed by atoms with Crippen molar-refractivity contribution in [3.05, 3.63) is 82.4 Å². The Bertz CT molecular complexity index is 902. The first-order valence-corrected chi connectivity index (χ1v) is 10.1. The number of rotatable bonds is 3. The van der Waals surface area contributed by atoms with Crippen LogP contribution in [0, 0.1) is 35.1 Å². The van der Waals surface area contributed by atoms with Crippen LogP contribution in [0.1, 0.15) is 61.1 Å². The molecule has 2 aromatic rings. The van der Waals surface area contributed by atoms with Crippen LogP contribution in [-0.4, -0.2) is 0 Å². The van der Waals surface area contributed by atoms with E-state index in [1.807, 2.05) is 0 Å². The smallest absolute Gasteiger partial charge is 0.159 e. The zero-order chi connectivity index (χ0) is 19.8. The van der Waals surface area contributed by atoms with Crippen LogP contribution in [0.3, 0.4) is 0 Å². The monoisotopic (exact) mass is 388 g/mol. The average Bonchev–Trinajstić information content (AvgIpc) is 2.67. The standard InChI is InChI=1S/C24H24F4/c1-2-3-4-14-5-7-17-19(24(14)15-6-10-21(26)23(28)11-15)9-8-18-20(17)12-16(25)13-22(18)27/h3-4,6,10-14,17,19,24H,2,5,7-9H2,1H3/b4-3+/t14-,17-,19+,24-/m1/s1. The van der Waals surface area contributed by atoms with Gasteiger partial charge in [-0.05, 0) is 90.7 Å². The van der Waals surface area contributed by atoms with Crippen LogP contribution in [-0.2, 0) is 6.42 Å². The van der Waals surface area contributed by atoms with Crippen molar-refractivity contribution in [1.29, 1.82) is 0 Å². The van der Waals surface area contributed by atoms with Crippen LogP contribution < -0.4 is 0 Å². The Morgan fingerprint density at radius 3 is 2.50 bits per heavy atom. The summed E-state index contributed by atoms with van der Waals surface area (Å²) in [5.41, 5.74) is 2.16. The maximum absolute atomic E-state index is 14.3. The predicted octanol–water partition coefficient (Wildman–Crippen LogP) is 7.05. The first-order chi connectivity index (χ1) is 13.5. The number of benzene rings is 2. The lowest BCUT2D eigenvalue weighted by Crippen LogP contribution is -2.35. The van der Waals surface area contributed by atoms with Gasteiger partial charge in [-0.1, -0.05) is 25.1 Å². The molecule has 4 atom stereocenters. The Hall–Kier alpha value is -2.10. The van der Waals surface area contributed by atoms with Gasteiger partial charge in [-0.25, -0.2) is 17.6 Å². The van der Waals surface area contributed by atoms with Gasteiger partial charge in [-0.15, -0.1) is 0 Å². The van der Waals surface area contributed by atoms with E-state index in [-0.39, 0.29) is 23.7 Å². The number of hydrogen-bond donors (Lipinski definition) is 0. The molecule has 4 heteroatoms. The van der Waals surface area contributed by atoms with Crippen molar-refractivity contribution < 1.29 is 17.6 Å². The van der Waals surface area contributed by atoms with E-state index in [0.717, 1.165) is 42.9 Å². The number of fused-ring (bicyclic) bond motifs is 3. The molecule has 0 saturated heterocycles. The molecule has 0 nitrogen and oxygen atoms in total. The van der Waals surface area contributed by atoms with Crippen molar-refractivity contribution in [2.75, 3.05) is 0 Å². The molecule has 1 saturated carbocycles. The molecule has 0 aliphatic heterocycles. The second-order valence-electron chi connectivity index (χ2n) is 8.04. The number of halogens is 4. The molecule has 148 valence electrons. The van der Waals surface area contributed by atoms with Crippen molar-refractivity contribution in [1.82, 2.24) is 0 Å². The molecular formula is C24H24F4. The molecule has 0 unspecified atom stereocenters. The van der Waals surface area contributed by atoms with Crippen LogP contribution in [0.15, 0.2) is 42.5 Å². The van der Waals surface area contributed by atoms with Gasteiger partial charge in [0.25, 0.3) is 0 Å². The molecule has 1 fully saturated rings. The Morgan fingerprint density at radius 1 is 0.929 bits per heavy atom. The average molecular weight is 388 g/mol. The minimum Gasteiger partial charge on any atom is -0.207 e. The highest BCUT2D eigenvalue weighted by atomic mass is 19.2. The zero-order valence-electron chi connectivity index (χ0n) is 15.9. The minimum atomic E-state index is -0.852. The highest BCUT2D eigenvalue weighted by Gasteiger charge is 2.43. The van der Waals surface area contributed by atoms with Gasteiger partial charge in [0.05, 0.1) is 0 Å². The van der Waals surface area contributed by atoms with Crippen molar-refractivity contribution in [3.8, 4) is 0 Å². The first kappa shape index (κ1) is 19.2. The fourth-order valence-corrected chi connectivity index (χ4v) is 5.37. The fraction of sp³-hybridized carbons (Fsp3) is 0.417. The van der Waals surface area contributed by atoms with E-state index in [1.54, 1.807) is 6.07 Å². The fourth-order valence-electron chi connectivity index (χ4n) is 5.37. The molecule has 0 N–H and O–H groups in total. The zero-order valence-corrected chi connectivity index (χ0v) is 15.9. The molecular weight excluding hydrogens is 364 g/mol. The molecule has 28 heavy (non-hydrogen) atoms. The Kier molecular flexibility index (Phi) is 5.31. The summed E-state index contributed by atoms with van der Waals surface area (Å²) >= 11 is 0. The molecule has 0 spiro atoms. The van der Waals surface area contributed by atoms with E-state index >= 15 is 0 Å². The van der Waals surface area contributed by atoms with Crippen molar-refractivity contribution in [2.45, 2.75) is 50.9 Å². The Balaban J connectivity index is 1.78. The van der Waals surface area contributed by atoms with Crippen LogP contribution in [0.4, 0.5) is 17.6 Å². The molecule has 0 bridgehead atoms. The van der Waals surface area contributed by atoms with E-state index in [2.05, 4.69) is 19.1 Å². The summed E-state index contributed by atoms with van der Waals surface area (Å²) in [6, 6.07) is 6.59. The van der Waals surface area contributed by atoms with Gasteiger partial charge in [-0.3, -0.25) is 0 Å². The van der Waals surface area contributed by atoms with Gasteiger partial charge in [0.1, 0.15) is 11.6 Å². The van der Waals surface area contributed by atoms with E-state index in [0.29, 0.717) is 12.0 Å². The van der Waals surface area contributed by atoms with Gasteiger partial charge < -0.3 is 0 Å². The van der Waals surface area contributed by atoms with Gasteiger partial charge in [0.15, 0.2) is 11.6 Å². The quantitative estimate of drug-likeness (QED) is 0.390. The second kappa shape index (κ2) is 7.73. The van der Waals surface area contributed by atoms with E-state index in [4.69, 9.17) is 0 Å². The lowest BCUT2D eigenvalue weighted by atomic mass is 9.58. The topological polar surface area (TPSA) is 0 Å². The molecule has 2 aliphatic rings. The van der Waals surface area contributed by atoms with Crippen LogP contribution in [0.5, 0.6) is 0 Å². The molecule has 4 rings (SSSR count). The van der Waals surface area contributed by atoms with Gasteiger partial charge >= 0.3 is 0 Å². The van der Waals surface area contributed by atoms with Crippen molar-refractivity contribution in [3.63, 3.8) is 0 Å². The molecule has 0 amide bonds. The predicted molar refractivity (Wildman–Crippen MR) is 102 cm³/mol. The normalized spacial score (nSPS) is 26.9. The van der Waals surface area contributed by atoms with Gasteiger partial charge in [0, 0.05) is 6.07 Å². The summed E-state index contributed by atoms with van der Waals surface area (Å²) in [6.07, 6.45) is 8.23. The summed E-state index contributed by atoms with van der Waals surface area (Å²) in [5, 5.41) is 0. The molecule has 2 aliphatic carbocycles. The third kappa shape index (κ3) is 3.38. The maximum Gasteiger partial charge on any atom is 0.159 e. The molecule has 0 radical (unpaired) electrons. The summed E-state index contributed by atoms with van der Waals surface area (Å²) < 4.78 is 55.7. The van der Waals surface area contributed by atoms with E-state index in [9.17, 15) is 17.6 Å². The van der Waals surface area contributed by atoms with E-state index in [1.165, 1.54) is 18.2 Å². The first-order valence-electron chi connectivity index (χ1n) is 10.1. The number of hydrogen-bond acceptors (Lipinski definition) is 0. The maximum atomic E-state index is 14.3. The van der Waals surface area contributed by atoms with Crippen LogP contribution in [0.25, 0.3) is 0 Å². The minimum absolute atomic E-state index is 0.0103. The molecule has 0 heterocycles. The second-order valence-corrected chi connectivity index (χ2v) is 8.04. The highest BCUT2D eigenvalue weighted by molar-refractivity contribution is 5.38. The third-order valence-electron chi connectivity index (χ3n) is 6.52.